The van der Waals surface area contributed by atoms with E-state index in [0.717, 1.165) is 45.8 Å². The molecule has 1 heterocycles. The van der Waals surface area contributed by atoms with Gasteiger partial charge in [0.25, 0.3) is 0 Å². The molecular weight excluding hydrogens is 318 g/mol. The highest BCUT2D eigenvalue weighted by Crippen LogP contribution is 2.09. The molecule has 1 aromatic rings. The molecule has 1 saturated heterocycles. The first-order valence-electron chi connectivity index (χ1n) is 8.38. The van der Waals surface area contributed by atoms with Gasteiger partial charge >= 0.3 is 0 Å². The summed E-state index contributed by atoms with van der Waals surface area (Å²) in [5, 5.41) is 5.76. The van der Waals surface area contributed by atoms with Gasteiger partial charge in [0.15, 0.2) is 5.96 Å². The van der Waals surface area contributed by atoms with Gasteiger partial charge in [0, 0.05) is 30.9 Å². The molecule has 0 unspecified atom stereocenters. The third-order valence-electron chi connectivity index (χ3n) is 3.77. The van der Waals surface area contributed by atoms with Crippen molar-refractivity contribution in [2.24, 2.45) is 10.7 Å². The maximum atomic E-state index is 11.9. The largest absolute Gasteiger partial charge is 0.379 e. The summed E-state index contributed by atoms with van der Waals surface area (Å²) in [7, 11) is 0. The normalized spacial score (nSPS) is 15.4. The summed E-state index contributed by atoms with van der Waals surface area (Å²) in [4.78, 5) is 18.3. The minimum Gasteiger partial charge on any atom is -0.379 e. The van der Waals surface area contributed by atoms with Crippen molar-refractivity contribution in [2.75, 3.05) is 51.3 Å². The van der Waals surface area contributed by atoms with Gasteiger partial charge in [-0.05, 0) is 31.2 Å². The number of aliphatic imine (C=N–C) groups is 1. The Morgan fingerprint density at radius 1 is 1.40 bits per heavy atom. The Morgan fingerprint density at radius 2 is 2.20 bits per heavy atom. The third-order valence-corrected chi connectivity index (χ3v) is 3.77. The van der Waals surface area contributed by atoms with Crippen molar-refractivity contribution in [3.8, 4) is 12.3 Å². The number of terminal acetylenes is 1. The Kier molecular flexibility index (Phi) is 7.76. The van der Waals surface area contributed by atoms with E-state index >= 15 is 0 Å². The Labute approximate surface area is 148 Å². The van der Waals surface area contributed by atoms with Crippen molar-refractivity contribution in [3.63, 3.8) is 0 Å². The number of ether oxygens (including phenoxy) is 1. The molecule has 7 heteroatoms. The first kappa shape index (κ1) is 18.8. The SMILES string of the molecule is C#Cc1cccc(NC(=O)CN=C(N)NCCCN2CCOCC2)c1. The molecule has 4 N–H and O–H groups in total. The minimum atomic E-state index is -0.243. The lowest BCUT2D eigenvalue weighted by Gasteiger charge is -2.26. The zero-order valence-corrected chi connectivity index (χ0v) is 14.3. The number of rotatable bonds is 7. The summed E-state index contributed by atoms with van der Waals surface area (Å²) < 4.78 is 5.31. The molecule has 7 nitrogen and oxygen atoms in total. The van der Waals surface area contributed by atoms with E-state index in [0.29, 0.717) is 11.3 Å². The summed E-state index contributed by atoms with van der Waals surface area (Å²) in [6.07, 6.45) is 6.29. The van der Waals surface area contributed by atoms with Gasteiger partial charge in [0.1, 0.15) is 6.54 Å². The zero-order chi connectivity index (χ0) is 17.9. The number of anilines is 1. The number of morpholine rings is 1. The number of amides is 1. The van der Waals surface area contributed by atoms with Crippen LogP contribution in [0.5, 0.6) is 0 Å². The summed E-state index contributed by atoms with van der Waals surface area (Å²) in [6, 6.07) is 7.09. The number of carbonyl (C=O) groups is 1. The smallest absolute Gasteiger partial charge is 0.246 e. The number of hydrogen-bond acceptors (Lipinski definition) is 4. The zero-order valence-electron chi connectivity index (χ0n) is 14.3. The lowest BCUT2D eigenvalue weighted by atomic mass is 10.2. The molecule has 0 aliphatic carbocycles. The van der Waals surface area contributed by atoms with Crippen LogP contribution in [-0.2, 0) is 9.53 Å². The summed E-state index contributed by atoms with van der Waals surface area (Å²) >= 11 is 0. The number of guanidine groups is 1. The van der Waals surface area contributed by atoms with Crippen LogP contribution in [0.4, 0.5) is 5.69 Å². The Hall–Kier alpha value is -2.56. The molecule has 0 spiro atoms. The van der Waals surface area contributed by atoms with E-state index in [9.17, 15) is 4.79 Å². The van der Waals surface area contributed by atoms with Crippen molar-refractivity contribution in [1.82, 2.24) is 10.2 Å². The Balaban J connectivity index is 1.64. The van der Waals surface area contributed by atoms with Gasteiger partial charge in [-0.15, -0.1) is 6.42 Å². The van der Waals surface area contributed by atoms with Crippen LogP contribution in [-0.4, -0.2) is 62.7 Å². The van der Waals surface area contributed by atoms with Crippen LogP contribution in [0.3, 0.4) is 0 Å². The Morgan fingerprint density at radius 3 is 2.96 bits per heavy atom. The highest BCUT2D eigenvalue weighted by Gasteiger charge is 2.09. The topological polar surface area (TPSA) is 92.0 Å². The van der Waals surface area contributed by atoms with Crippen LogP contribution in [0.15, 0.2) is 29.3 Å². The lowest BCUT2D eigenvalue weighted by molar-refractivity contribution is -0.114. The van der Waals surface area contributed by atoms with Gasteiger partial charge in [-0.2, -0.15) is 0 Å². The van der Waals surface area contributed by atoms with Crippen LogP contribution in [0.1, 0.15) is 12.0 Å². The molecule has 1 aliphatic heterocycles. The first-order valence-corrected chi connectivity index (χ1v) is 8.38. The van der Waals surface area contributed by atoms with Crippen LogP contribution in [0.2, 0.25) is 0 Å². The molecular formula is C18H25N5O2. The van der Waals surface area contributed by atoms with E-state index in [1.807, 2.05) is 0 Å². The molecule has 0 radical (unpaired) electrons. The van der Waals surface area contributed by atoms with Gasteiger partial charge in [0.2, 0.25) is 5.91 Å². The number of hydrogen-bond donors (Lipinski definition) is 3. The van der Waals surface area contributed by atoms with Crippen molar-refractivity contribution >= 4 is 17.6 Å². The lowest BCUT2D eigenvalue weighted by Crippen LogP contribution is -2.39. The highest BCUT2D eigenvalue weighted by atomic mass is 16.5. The highest BCUT2D eigenvalue weighted by molar-refractivity contribution is 5.94. The number of benzene rings is 1. The predicted octanol–water partition coefficient (Wildman–Crippen LogP) is 0.233. The molecule has 0 aromatic heterocycles. The third kappa shape index (κ3) is 7.25. The monoisotopic (exact) mass is 343 g/mol. The summed E-state index contributed by atoms with van der Waals surface area (Å²) in [5.74, 6) is 2.55. The number of nitrogens with one attached hydrogen (secondary N) is 2. The number of nitrogens with two attached hydrogens (primary N) is 1. The second-order valence-electron chi connectivity index (χ2n) is 5.71. The first-order chi connectivity index (χ1) is 12.2. The maximum Gasteiger partial charge on any atom is 0.246 e. The summed E-state index contributed by atoms with van der Waals surface area (Å²) in [6.45, 7) is 5.23. The molecule has 1 fully saturated rings. The molecule has 1 aromatic carbocycles. The molecule has 1 aliphatic rings. The van der Waals surface area contributed by atoms with Gasteiger partial charge in [-0.3, -0.25) is 9.69 Å². The van der Waals surface area contributed by atoms with Crippen molar-refractivity contribution in [3.05, 3.63) is 29.8 Å². The molecule has 0 atom stereocenters. The van der Waals surface area contributed by atoms with E-state index in [1.165, 1.54) is 0 Å². The summed E-state index contributed by atoms with van der Waals surface area (Å²) in [5.41, 5.74) is 7.14. The average Bonchev–Trinajstić information content (AvgIpc) is 2.64. The van der Waals surface area contributed by atoms with Crippen molar-refractivity contribution in [2.45, 2.75) is 6.42 Å². The van der Waals surface area contributed by atoms with Gasteiger partial charge in [0.05, 0.1) is 13.2 Å². The van der Waals surface area contributed by atoms with Gasteiger partial charge in [-0.25, -0.2) is 4.99 Å². The van der Waals surface area contributed by atoms with E-state index < -0.39 is 0 Å². The molecule has 25 heavy (non-hydrogen) atoms. The average molecular weight is 343 g/mol. The van der Waals surface area contributed by atoms with E-state index in [1.54, 1.807) is 24.3 Å². The fourth-order valence-electron chi connectivity index (χ4n) is 2.44. The van der Waals surface area contributed by atoms with Crippen LogP contribution < -0.4 is 16.4 Å². The Bertz CT molecular complexity index is 633. The van der Waals surface area contributed by atoms with Crippen LogP contribution >= 0.6 is 0 Å². The maximum absolute atomic E-state index is 11.9. The van der Waals surface area contributed by atoms with Crippen molar-refractivity contribution < 1.29 is 9.53 Å². The molecule has 1 amide bonds. The number of nitrogens with zero attached hydrogens (tertiary/aromatic N) is 2. The van der Waals surface area contributed by atoms with E-state index in [-0.39, 0.29) is 18.4 Å². The van der Waals surface area contributed by atoms with Crippen molar-refractivity contribution in [1.29, 1.82) is 0 Å². The molecule has 2 rings (SSSR count). The van der Waals surface area contributed by atoms with E-state index in [2.05, 4.69) is 26.4 Å². The van der Waals surface area contributed by atoms with Crippen LogP contribution in [0.25, 0.3) is 0 Å². The van der Waals surface area contributed by atoms with E-state index in [4.69, 9.17) is 16.9 Å². The molecule has 0 saturated carbocycles. The fourth-order valence-corrected chi connectivity index (χ4v) is 2.44. The second kappa shape index (κ2) is 10.3. The molecule has 134 valence electrons. The minimum absolute atomic E-state index is 0.0391. The fraction of sp³-hybridized carbons (Fsp3) is 0.444. The van der Waals surface area contributed by atoms with Gasteiger partial charge < -0.3 is 21.1 Å². The van der Waals surface area contributed by atoms with Gasteiger partial charge in [-0.1, -0.05) is 12.0 Å². The predicted molar refractivity (Wildman–Crippen MR) is 99.4 cm³/mol. The standard InChI is InChI=1S/C18H25N5O2/c1-2-15-5-3-6-16(13-15)22-17(24)14-21-18(19)20-7-4-8-23-9-11-25-12-10-23/h1,3,5-6,13H,4,7-12,14H2,(H,22,24)(H3,19,20,21). The quantitative estimate of drug-likeness (QED) is 0.285. The van der Waals surface area contributed by atoms with Crippen LogP contribution in [0, 0.1) is 12.3 Å². The second-order valence-corrected chi connectivity index (χ2v) is 5.71. The molecule has 0 bridgehead atoms. The number of carbonyl (C=O) groups excluding carboxylic acids is 1.